The highest BCUT2D eigenvalue weighted by Gasteiger charge is 2.24. The van der Waals surface area contributed by atoms with Crippen LogP contribution in [-0.2, 0) is 13.0 Å². The van der Waals surface area contributed by atoms with Crippen LogP contribution >= 0.6 is 0 Å². The fourth-order valence-corrected chi connectivity index (χ4v) is 3.91. The molecule has 0 amide bonds. The zero-order valence-corrected chi connectivity index (χ0v) is 19.0. The van der Waals surface area contributed by atoms with Gasteiger partial charge in [-0.15, -0.1) is 10.2 Å². The summed E-state index contributed by atoms with van der Waals surface area (Å²) < 4.78 is 1.81. The second-order valence-electron chi connectivity index (χ2n) is 8.07. The van der Waals surface area contributed by atoms with Crippen molar-refractivity contribution in [3.63, 3.8) is 0 Å². The Hall–Kier alpha value is -4.01. The molecule has 0 saturated heterocycles. The summed E-state index contributed by atoms with van der Waals surface area (Å²) in [6.07, 6.45) is 2.65. The van der Waals surface area contributed by atoms with Gasteiger partial charge in [-0.1, -0.05) is 55.8 Å². The van der Waals surface area contributed by atoms with Crippen molar-refractivity contribution in [3.05, 3.63) is 65.6 Å². The molecule has 2 N–H and O–H groups in total. The molecule has 9 heteroatoms. The Kier molecular flexibility index (Phi) is 6.48. The first kappa shape index (κ1) is 22.2. The summed E-state index contributed by atoms with van der Waals surface area (Å²) >= 11 is 0. The number of carboxylic acids is 1. The molecule has 0 unspecified atom stereocenters. The number of rotatable bonds is 9. The number of unbranched alkanes of at least 4 members (excludes halogenated alkanes) is 1. The number of aromatic nitrogens is 6. The van der Waals surface area contributed by atoms with E-state index < -0.39 is 5.97 Å². The molecule has 0 aliphatic carbocycles. The van der Waals surface area contributed by atoms with Gasteiger partial charge in [0.15, 0.2) is 11.5 Å². The van der Waals surface area contributed by atoms with Crippen molar-refractivity contribution in [2.45, 2.75) is 32.7 Å². The molecule has 2 heterocycles. The van der Waals surface area contributed by atoms with Gasteiger partial charge >= 0.3 is 5.97 Å². The van der Waals surface area contributed by atoms with Gasteiger partial charge in [0, 0.05) is 32.6 Å². The Morgan fingerprint density at radius 3 is 2.55 bits per heavy atom. The van der Waals surface area contributed by atoms with Crippen molar-refractivity contribution in [1.82, 2.24) is 30.2 Å². The number of aromatic amines is 1. The van der Waals surface area contributed by atoms with Gasteiger partial charge in [-0.25, -0.2) is 9.78 Å². The first-order valence-corrected chi connectivity index (χ1v) is 10.9. The number of anilines is 1. The van der Waals surface area contributed by atoms with Crippen LogP contribution in [0.3, 0.4) is 0 Å². The molecular weight excluding hydrogens is 418 g/mol. The predicted molar refractivity (Wildman–Crippen MR) is 126 cm³/mol. The number of hydrogen-bond donors (Lipinski definition) is 2. The highest BCUT2D eigenvalue weighted by Crippen LogP contribution is 2.32. The average Bonchev–Trinajstić information content (AvgIpc) is 3.47. The first-order valence-electron chi connectivity index (χ1n) is 10.9. The molecule has 2 aromatic carbocycles. The fraction of sp³-hybridized carbons (Fsp3) is 0.292. The molecular formula is C24H27N7O2. The van der Waals surface area contributed by atoms with Crippen LogP contribution in [0.15, 0.2) is 48.5 Å². The van der Waals surface area contributed by atoms with Crippen LogP contribution in [-0.4, -0.2) is 55.3 Å². The number of nitrogens with zero attached hydrogens (tertiary/aromatic N) is 6. The van der Waals surface area contributed by atoms with E-state index in [1.54, 1.807) is 4.90 Å². The van der Waals surface area contributed by atoms with Gasteiger partial charge in [-0.2, -0.15) is 5.21 Å². The van der Waals surface area contributed by atoms with E-state index >= 15 is 0 Å². The Morgan fingerprint density at radius 1 is 1.12 bits per heavy atom. The van der Waals surface area contributed by atoms with Crippen molar-refractivity contribution < 1.29 is 9.90 Å². The van der Waals surface area contributed by atoms with E-state index in [-0.39, 0.29) is 5.69 Å². The van der Waals surface area contributed by atoms with Gasteiger partial charge in [-0.3, -0.25) is 0 Å². The lowest BCUT2D eigenvalue weighted by Gasteiger charge is -2.14. The average molecular weight is 446 g/mol. The Morgan fingerprint density at radius 2 is 1.91 bits per heavy atom. The van der Waals surface area contributed by atoms with Crippen LogP contribution in [0.2, 0.25) is 0 Å². The number of tetrazole rings is 1. The summed E-state index contributed by atoms with van der Waals surface area (Å²) in [6, 6.07) is 16.0. The van der Waals surface area contributed by atoms with Crippen molar-refractivity contribution >= 4 is 11.8 Å². The van der Waals surface area contributed by atoms with Crippen molar-refractivity contribution in [2.75, 3.05) is 19.0 Å². The number of aromatic carboxylic acids is 1. The molecule has 33 heavy (non-hydrogen) atoms. The van der Waals surface area contributed by atoms with Gasteiger partial charge in [0.05, 0.1) is 0 Å². The Bertz CT molecular complexity index is 1230. The summed E-state index contributed by atoms with van der Waals surface area (Å²) in [7, 11) is 3.62. The number of benzene rings is 2. The van der Waals surface area contributed by atoms with Gasteiger partial charge < -0.3 is 14.6 Å². The molecule has 0 aliphatic heterocycles. The van der Waals surface area contributed by atoms with Crippen LogP contribution in [0.4, 0.5) is 5.82 Å². The van der Waals surface area contributed by atoms with E-state index in [9.17, 15) is 9.90 Å². The van der Waals surface area contributed by atoms with E-state index in [0.717, 1.165) is 40.9 Å². The summed E-state index contributed by atoms with van der Waals surface area (Å²) in [5.74, 6) is 0.729. The van der Waals surface area contributed by atoms with Crippen molar-refractivity contribution in [3.8, 4) is 22.5 Å². The summed E-state index contributed by atoms with van der Waals surface area (Å²) in [6.45, 7) is 2.49. The van der Waals surface area contributed by atoms with E-state index in [0.29, 0.717) is 24.6 Å². The van der Waals surface area contributed by atoms with Crippen LogP contribution < -0.4 is 4.90 Å². The SMILES string of the molecule is CCCCc1nc(N(C)C)c(C(=O)O)n1Cc1ccc(-c2ccccc2)c(-c2nn[nH]n2)c1. The van der Waals surface area contributed by atoms with E-state index in [4.69, 9.17) is 0 Å². The molecule has 0 fully saturated rings. The van der Waals surface area contributed by atoms with Gasteiger partial charge in [-0.05, 0) is 34.4 Å². The number of carbonyl (C=O) groups is 1. The normalized spacial score (nSPS) is 11.0. The van der Waals surface area contributed by atoms with Gasteiger partial charge in [0.2, 0.25) is 5.82 Å². The molecule has 0 saturated carbocycles. The quantitative estimate of drug-likeness (QED) is 0.402. The summed E-state index contributed by atoms with van der Waals surface area (Å²) in [5.41, 5.74) is 3.96. The second kappa shape index (κ2) is 9.64. The number of hydrogen-bond acceptors (Lipinski definition) is 6. The van der Waals surface area contributed by atoms with Gasteiger partial charge in [0.25, 0.3) is 0 Å². The standard InChI is InChI=1S/C24H27N7O2/c1-4-5-11-20-25-23(30(2)3)21(24(32)33)31(20)15-16-12-13-18(17-9-7-6-8-10-17)19(14-16)22-26-28-29-27-22/h6-10,12-14H,4-5,11,15H2,1-3H3,(H,32,33)(H,26,27,28,29). The molecule has 9 nitrogen and oxygen atoms in total. The number of carboxylic acid groups (broad SMARTS) is 1. The van der Waals surface area contributed by atoms with E-state index in [1.807, 2.05) is 67.2 Å². The van der Waals surface area contributed by atoms with Gasteiger partial charge in [0.1, 0.15) is 5.82 Å². The lowest BCUT2D eigenvalue weighted by molar-refractivity contribution is 0.0686. The summed E-state index contributed by atoms with van der Waals surface area (Å²) in [4.78, 5) is 18.6. The first-order chi connectivity index (χ1) is 16.0. The molecule has 4 rings (SSSR count). The summed E-state index contributed by atoms with van der Waals surface area (Å²) in [5, 5.41) is 24.6. The molecule has 0 radical (unpaired) electrons. The predicted octanol–water partition coefficient (Wildman–Crippen LogP) is 3.89. The molecule has 0 bridgehead atoms. The minimum Gasteiger partial charge on any atom is -0.476 e. The lowest BCUT2D eigenvalue weighted by atomic mass is 9.97. The van der Waals surface area contributed by atoms with Crippen LogP contribution in [0.1, 0.15) is 41.6 Å². The highest BCUT2D eigenvalue weighted by atomic mass is 16.4. The fourth-order valence-electron chi connectivity index (χ4n) is 3.91. The largest absolute Gasteiger partial charge is 0.476 e. The molecule has 0 aliphatic rings. The molecule has 170 valence electrons. The smallest absolute Gasteiger partial charge is 0.356 e. The maximum absolute atomic E-state index is 12.2. The molecule has 0 spiro atoms. The highest BCUT2D eigenvalue weighted by molar-refractivity contribution is 5.92. The maximum Gasteiger partial charge on any atom is 0.356 e. The Labute approximate surface area is 192 Å². The molecule has 2 aromatic heterocycles. The number of H-pyrrole nitrogens is 1. The Balaban J connectivity index is 1.81. The number of aryl methyl sites for hydroxylation is 1. The molecule has 0 atom stereocenters. The number of imidazole rings is 1. The third-order valence-electron chi connectivity index (χ3n) is 5.50. The van der Waals surface area contributed by atoms with E-state index in [2.05, 4.69) is 32.5 Å². The topological polar surface area (TPSA) is 113 Å². The molecule has 4 aromatic rings. The number of nitrogens with one attached hydrogen (secondary N) is 1. The lowest BCUT2D eigenvalue weighted by Crippen LogP contribution is -2.17. The van der Waals surface area contributed by atoms with Crippen LogP contribution in [0.25, 0.3) is 22.5 Å². The van der Waals surface area contributed by atoms with Crippen LogP contribution in [0.5, 0.6) is 0 Å². The van der Waals surface area contributed by atoms with Crippen molar-refractivity contribution in [2.24, 2.45) is 0 Å². The van der Waals surface area contributed by atoms with Crippen molar-refractivity contribution in [1.29, 1.82) is 0 Å². The third kappa shape index (κ3) is 4.62. The minimum absolute atomic E-state index is 0.194. The van der Waals surface area contributed by atoms with Crippen LogP contribution in [0, 0.1) is 0 Å². The van der Waals surface area contributed by atoms with E-state index in [1.165, 1.54) is 0 Å². The zero-order valence-electron chi connectivity index (χ0n) is 19.0. The third-order valence-corrected chi connectivity index (χ3v) is 5.50. The minimum atomic E-state index is -0.992. The maximum atomic E-state index is 12.2. The second-order valence-corrected chi connectivity index (χ2v) is 8.07. The zero-order chi connectivity index (χ0) is 23.4. The monoisotopic (exact) mass is 445 g/mol.